The molecule has 0 aromatic heterocycles. The lowest BCUT2D eigenvalue weighted by Gasteiger charge is -2.26. The predicted octanol–water partition coefficient (Wildman–Crippen LogP) is 3.28. The van der Waals surface area contributed by atoms with Gasteiger partial charge in [0, 0.05) is 36.6 Å². The molecule has 0 spiro atoms. The number of hydrogen-bond donors (Lipinski definition) is 3. The Morgan fingerprint density at radius 2 is 1.61 bits per heavy atom. The number of nitrogens with zero attached hydrogens (tertiary/aromatic N) is 1. The van der Waals surface area contributed by atoms with Crippen LogP contribution in [0.4, 0.5) is 11.4 Å². The molecular weight excluding hydrogens is 440 g/mol. The molecule has 0 saturated carbocycles. The van der Waals surface area contributed by atoms with Crippen molar-refractivity contribution in [3.05, 3.63) is 53.1 Å². The molecule has 0 atom stereocenters. The van der Waals surface area contributed by atoms with Crippen LogP contribution in [-0.4, -0.2) is 50.7 Å². The first kappa shape index (κ1) is 24.7. The van der Waals surface area contributed by atoms with Crippen molar-refractivity contribution >= 4 is 33.2 Å². The highest BCUT2D eigenvalue weighted by Crippen LogP contribution is 2.25. The number of nitrogens with one attached hydrogen (secondary N) is 3. The van der Waals surface area contributed by atoms with Gasteiger partial charge in [-0.25, -0.2) is 8.42 Å². The van der Waals surface area contributed by atoms with E-state index in [0.717, 1.165) is 30.4 Å². The summed E-state index contributed by atoms with van der Waals surface area (Å²) in [5, 5.41) is 8.63. The molecule has 2 aromatic rings. The van der Waals surface area contributed by atoms with Crippen LogP contribution in [0, 0.1) is 13.8 Å². The maximum Gasteiger partial charge on any atom is 0.251 e. The van der Waals surface area contributed by atoms with E-state index >= 15 is 0 Å². The standard InChI is InChI=1S/C24H32N4O4S/c1-4-25-24(30)19-10-8-17(2)21(14-19)26-16-23(29)27-22-15-20(11-9-18(22)3)33(31,32)28-12-6-5-7-13-28/h8-11,14-15,26H,4-7,12-13,16H2,1-3H3,(H,25,30)(H,27,29). The van der Waals surface area contributed by atoms with Gasteiger partial charge in [-0.3, -0.25) is 9.59 Å². The zero-order chi connectivity index (χ0) is 24.0. The third-order valence-electron chi connectivity index (χ3n) is 5.71. The summed E-state index contributed by atoms with van der Waals surface area (Å²) >= 11 is 0. The molecule has 1 aliphatic heterocycles. The molecule has 1 fully saturated rings. The highest BCUT2D eigenvalue weighted by molar-refractivity contribution is 7.89. The molecule has 8 nitrogen and oxygen atoms in total. The average molecular weight is 473 g/mol. The van der Waals surface area contributed by atoms with Gasteiger partial charge in [0.25, 0.3) is 5.91 Å². The van der Waals surface area contributed by atoms with Gasteiger partial charge < -0.3 is 16.0 Å². The minimum atomic E-state index is -3.59. The number of amides is 2. The van der Waals surface area contributed by atoms with Crippen LogP contribution in [0.25, 0.3) is 0 Å². The van der Waals surface area contributed by atoms with E-state index in [-0.39, 0.29) is 23.3 Å². The molecule has 0 aliphatic carbocycles. The van der Waals surface area contributed by atoms with Crippen LogP contribution in [0.5, 0.6) is 0 Å². The summed E-state index contributed by atoms with van der Waals surface area (Å²) in [4.78, 5) is 24.9. The zero-order valence-corrected chi connectivity index (χ0v) is 20.2. The Hall–Kier alpha value is -2.91. The van der Waals surface area contributed by atoms with Crippen molar-refractivity contribution in [2.75, 3.05) is 36.8 Å². The minimum absolute atomic E-state index is 0.0256. The lowest BCUT2D eigenvalue weighted by molar-refractivity contribution is -0.114. The van der Waals surface area contributed by atoms with E-state index in [4.69, 9.17) is 0 Å². The maximum atomic E-state index is 13.0. The van der Waals surface area contributed by atoms with Gasteiger partial charge in [-0.2, -0.15) is 4.31 Å². The van der Waals surface area contributed by atoms with Gasteiger partial charge in [0.2, 0.25) is 15.9 Å². The average Bonchev–Trinajstić information content (AvgIpc) is 2.80. The Morgan fingerprint density at radius 3 is 2.30 bits per heavy atom. The van der Waals surface area contributed by atoms with E-state index < -0.39 is 10.0 Å². The van der Waals surface area contributed by atoms with Crippen molar-refractivity contribution in [2.24, 2.45) is 0 Å². The molecule has 1 aliphatic rings. The molecule has 3 N–H and O–H groups in total. The van der Waals surface area contributed by atoms with Gasteiger partial charge in [0.1, 0.15) is 0 Å². The third-order valence-corrected chi connectivity index (χ3v) is 7.61. The molecule has 1 saturated heterocycles. The Morgan fingerprint density at radius 1 is 0.939 bits per heavy atom. The molecule has 3 rings (SSSR count). The Kier molecular flexibility index (Phi) is 8.10. The van der Waals surface area contributed by atoms with Crippen molar-refractivity contribution in [3.8, 4) is 0 Å². The normalized spacial score (nSPS) is 14.5. The smallest absolute Gasteiger partial charge is 0.251 e. The van der Waals surface area contributed by atoms with Crippen LogP contribution in [0.3, 0.4) is 0 Å². The third kappa shape index (κ3) is 6.11. The maximum absolute atomic E-state index is 13.0. The van der Waals surface area contributed by atoms with Crippen LogP contribution in [0.15, 0.2) is 41.3 Å². The fraction of sp³-hybridized carbons (Fsp3) is 0.417. The van der Waals surface area contributed by atoms with Gasteiger partial charge in [-0.15, -0.1) is 0 Å². The Bertz CT molecular complexity index is 1130. The van der Waals surface area contributed by atoms with E-state index in [1.165, 1.54) is 10.4 Å². The van der Waals surface area contributed by atoms with Crippen LogP contribution >= 0.6 is 0 Å². The minimum Gasteiger partial charge on any atom is -0.376 e. The molecule has 33 heavy (non-hydrogen) atoms. The zero-order valence-electron chi connectivity index (χ0n) is 19.4. The van der Waals surface area contributed by atoms with Gasteiger partial charge in [-0.05, 0) is 69.0 Å². The summed E-state index contributed by atoms with van der Waals surface area (Å²) in [7, 11) is -3.59. The second-order valence-electron chi connectivity index (χ2n) is 8.23. The predicted molar refractivity (Wildman–Crippen MR) is 130 cm³/mol. The largest absolute Gasteiger partial charge is 0.376 e. The van der Waals surface area contributed by atoms with E-state index in [1.807, 2.05) is 26.8 Å². The first-order valence-electron chi connectivity index (χ1n) is 11.3. The number of piperidine rings is 1. The lowest BCUT2D eigenvalue weighted by atomic mass is 10.1. The van der Waals surface area contributed by atoms with E-state index in [2.05, 4.69) is 16.0 Å². The number of hydrogen-bond acceptors (Lipinski definition) is 5. The molecule has 178 valence electrons. The van der Waals surface area contributed by atoms with Crippen molar-refractivity contribution in [2.45, 2.75) is 44.9 Å². The molecule has 0 unspecified atom stereocenters. The van der Waals surface area contributed by atoms with Gasteiger partial charge in [0.05, 0.1) is 11.4 Å². The number of anilines is 2. The summed E-state index contributed by atoms with van der Waals surface area (Å²) in [6.07, 6.45) is 2.77. The topological polar surface area (TPSA) is 108 Å². The summed E-state index contributed by atoms with van der Waals surface area (Å²) in [6.45, 7) is 7.12. The van der Waals surface area contributed by atoms with Crippen LogP contribution in [0.2, 0.25) is 0 Å². The van der Waals surface area contributed by atoms with Gasteiger partial charge in [0.15, 0.2) is 0 Å². The van der Waals surface area contributed by atoms with Crippen LogP contribution in [0.1, 0.15) is 47.7 Å². The Labute approximate surface area is 195 Å². The highest BCUT2D eigenvalue weighted by Gasteiger charge is 2.26. The van der Waals surface area contributed by atoms with Crippen molar-refractivity contribution in [3.63, 3.8) is 0 Å². The molecule has 2 amide bonds. The first-order chi connectivity index (χ1) is 15.7. The number of carbonyl (C=O) groups excluding carboxylic acids is 2. The van der Waals surface area contributed by atoms with E-state index in [9.17, 15) is 18.0 Å². The van der Waals surface area contributed by atoms with E-state index in [1.54, 1.807) is 24.3 Å². The van der Waals surface area contributed by atoms with Crippen molar-refractivity contribution in [1.29, 1.82) is 0 Å². The van der Waals surface area contributed by atoms with Gasteiger partial charge in [-0.1, -0.05) is 18.6 Å². The Balaban J connectivity index is 1.69. The highest BCUT2D eigenvalue weighted by atomic mass is 32.2. The van der Waals surface area contributed by atoms with Crippen LogP contribution < -0.4 is 16.0 Å². The summed E-state index contributed by atoms with van der Waals surface area (Å²) in [6, 6.07) is 10.1. The fourth-order valence-corrected chi connectivity index (χ4v) is 5.28. The summed E-state index contributed by atoms with van der Waals surface area (Å²) in [5.41, 5.74) is 3.34. The lowest BCUT2D eigenvalue weighted by Crippen LogP contribution is -2.35. The number of benzene rings is 2. The summed E-state index contributed by atoms with van der Waals surface area (Å²) in [5.74, 6) is -0.485. The quantitative estimate of drug-likeness (QED) is 0.547. The van der Waals surface area contributed by atoms with Crippen LogP contribution in [-0.2, 0) is 14.8 Å². The molecule has 0 bridgehead atoms. The first-order valence-corrected chi connectivity index (χ1v) is 12.7. The number of aryl methyl sites for hydroxylation is 2. The SMILES string of the molecule is CCNC(=O)c1ccc(C)c(NCC(=O)Nc2cc(S(=O)(=O)N3CCCCC3)ccc2C)c1. The number of rotatable bonds is 8. The second-order valence-corrected chi connectivity index (χ2v) is 10.2. The van der Waals surface area contributed by atoms with Crippen molar-refractivity contribution in [1.82, 2.24) is 9.62 Å². The van der Waals surface area contributed by atoms with Crippen molar-refractivity contribution < 1.29 is 18.0 Å². The van der Waals surface area contributed by atoms with Gasteiger partial charge >= 0.3 is 0 Å². The summed E-state index contributed by atoms with van der Waals surface area (Å²) < 4.78 is 27.5. The molecule has 1 heterocycles. The second kappa shape index (κ2) is 10.8. The molecule has 9 heteroatoms. The molecule has 2 aromatic carbocycles. The number of sulfonamides is 1. The molecular formula is C24H32N4O4S. The van der Waals surface area contributed by atoms with E-state index in [0.29, 0.717) is 36.6 Å². The molecule has 0 radical (unpaired) electrons. The number of carbonyl (C=O) groups is 2. The monoisotopic (exact) mass is 472 g/mol. The fourth-order valence-electron chi connectivity index (χ4n) is 3.74.